The molecule has 1 amide bonds. The Bertz CT molecular complexity index is 564. The molecule has 1 aromatic rings. The fraction of sp³-hybridized carbons (Fsp3) is 0.706. The lowest BCUT2D eigenvalue weighted by Crippen LogP contribution is -2.53. The maximum Gasteiger partial charge on any atom is 0.242 e. The van der Waals surface area contributed by atoms with E-state index in [1.54, 1.807) is 6.20 Å². The fourth-order valence-corrected chi connectivity index (χ4v) is 3.10. The number of rotatable bonds is 5. The van der Waals surface area contributed by atoms with Crippen LogP contribution in [0.3, 0.4) is 0 Å². The monoisotopic (exact) mass is 317 g/mol. The van der Waals surface area contributed by atoms with E-state index in [9.17, 15) is 10.1 Å². The molecule has 0 aliphatic carbocycles. The summed E-state index contributed by atoms with van der Waals surface area (Å²) in [6.45, 7) is 11.6. The lowest BCUT2D eigenvalue weighted by Gasteiger charge is -2.38. The van der Waals surface area contributed by atoms with E-state index in [-0.39, 0.29) is 11.9 Å². The molecule has 0 radical (unpaired) electrons. The molecule has 6 nitrogen and oxygen atoms in total. The first kappa shape index (κ1) is 17.5. The standard InChI is InChI=1S/C17H27N5O/c1-13(2)15(11-18)20-7-9-21(10-8-20)16(23)12-22-6-5-19-17(22)14(3)4/h5-6,13-15H,7-10,12H2,1-4H3/t15-/m0/s1. The summed E-state index contributed by atoms with van der Waals surface area (Å²) in [5.74, 6) is 1.68. The summed E-state index contributed by atoms with van der Waals surface area (Å²) in [6, 6.07) is 2.32. The highest BCUT2D eigenvalue weighted by atomic mass is 16.2. The molecule has 1 saturated heterocycles. The minimum absolute atomic E-state index is 0.0616. The normalized spacial score (nSPS) is 17.5. The number of imidazole rings is 1. The third-order valence-electron chi connectivity index (χ3n) is 4.39. The average molecular weight is 317 g/mol. The van der Waals surface area contributed by atoms with E-state index in [1.807, 2.05) is 15.7 Å². The van der Waals surface area contributed by atoms with Gasteiger partial charge < -0.3 is 9.47 Å². The highest BCUT2D eigenvalue weighted by molar-refractivity contribution is 5.76. The molecule has 2 heterocycles. The molecule has 0 unspecified atom stereocenters. The van der Waals surface area contributed by atoms with E-state index in [4.69, 9.17) is 0 Å². The van der Waals surface area contributed by atoms with Crippen molar-refractivity contribution in [1.29, 1.82) is 5.26 Å². The van der Waals surface area contributed by atoms with Crippen LogP contribution in [0.1, 0.15) is 39.4 Å². The first-order valence-corrected chi connectivity index (χ1v) is 8.36. The largest absolute Gasteiger partial charge is 0.339 e. The van der Waals surface area contributed by atoms with Crippen LogP contribution < -0.4 is 0 Å². The number of amides is 1. The molecule has 6 heteroatoms. The van der Waals surface area contributed by atoms with Gasteiger partial charge in [-0.15, -0.1) is 0 Å². The van der Waals surface area contributed by atoms with Crippen molar-refractivity contribution < 1.29 is 4.79 Å². The van der Waals surface area contributed by atoms with Gasteiger partial charge in [-0.3, -0.25) is 9.69 Å². The van der Waals surface area contributed by atoms with Gasteiger partial charge in [0.05, 0.1) is 6.07 Å². The highest BCUT2D eigenvalue weighted by Gasteiger charge is 2.27. The molecule has 0 N–H and O–H groups in total. The van der Waals surface area contributed by atoms with Crippen LogP contribution in [-0.4, -0.2) is 57.5 Å². The maximum absolute atomic E-state index is 12.5. The summed E-state index contributed by atoms with van der Waals surface area (Å²) < 4.78 is 1.94. The zero-order valence-corrected chi connectivity index (χ0v) is 14.6. The minimum atomic E-state index is -0.0616. The average Bonchev–Trinajstić information content (AvgIpc) is 2.96. The Morgan fingerprint density at radius 3 is 2.43 bits per heavy atom. The van der Waals surface area contributed by atoms with Crippen molar-refractivity contribution in [3.8, 4) is 6.07 Å². The molecule has 1 atom stereocenters. The van der Waals surface area contributed by atoms with Crippen LogP contribution in [0.5, 0.6) is 0 Å². The quantitative estimate of drug-likeness (QED) is 0.829. The van der Waals surface area contributed by atoms with Crippen LogP contribution in [0.2, 0.25) is 0 Å². The zero-order chi connectivity index (χ0) is 17.0. The third kappa shape index (κ3) is 4.11. The molecule has 2 rings (SSSR count). The number of nitriles is 1. The molecule has 23 heavy (non-hydrogen) atoms. The zero-order valence-electron chi connectivity index (χ0n) is 14.6. The molecule has 1 aromatic heterocycles. The topological polar surface area (TPSA) is 65.2 Å². The van der Waals surface area contributed by atoms with Gasteiger partial charge in [0.1, 0.15) is 18.4 Å². The van der Waals surface area contributed by atoms with Gasteiger partial charge in [-0.1, -0.05) is 27.7 Å². The molecule has 1 aliphatic heterocycles. The summed E-state index contributed by atoms with van der Waals surface area (Å²) >= 11 is 0. The van der Waals surface area contributed by atoms with Crippen molar-refractivity contribution >= 4 is 5.91 Å². The van der Waals surface area contributed by atoms with Gasteiger partial charge >= 0.3 is 0 Å². The SMILES string of the molecule is CC(C)c1nccn1CC(=O)N1CCN([C@@H](C#N)C(C)C)CC1. The van der Waals surface area contributed by atoms with E-state index >= 15 is 0 Å². The minimum Gasteiger partial charge on any atom is -0.339 e. The third-order valence-corrected chi connectivity index (χ3v) is 4.39. The Morgan fingerprint density at radius 2 is 1.91 bits per heavy atom. The number of nitrogens with zero attached hydrogens (tertiary/aromatic N) is 5. The molecule has 1 aliphatic rings. The Labute approximate surface area is 138 Å². The Morgan fingerprint density at radius 1 is 1.26 bits per heavy atom. The van der Waals surface area contributed by atoms with E-state index in [1.165, 1.54) is 0 Å². The summed E-state index contributed by atoms with van der Waals surface area (Å²) in [5, 5.41) is 9.29. The van der Waals surface area contributed by atoms with Crippen LogP contribution in [0.25, 0.3) is 0 Å². The molecular formula is C17H27N5O. The van der Waals surface area contributed by atoms with E-state index < -0.39 is 0 Å². The molecular weight excluding hydrogens is 290 g/mol. The van der Waals surface area contributed by atoms with Gasteiger partial charge in [0, 0.05) is 44.5 Å². The molecule has 0 bridgehead atoms. The van der Waals surface area contributed by atoms with Gasteiger partial charge in [0.15, 0.2) is 0 Å². The fourth-order valence-electron chi connectivity index (χ4n) is 3.10. The lowest BCUT2D eigenvalue weighted by molar-refractivity contribution is -0.133. The summed E-state index contributed by atoms with van der Waals surface area (Å²) in [4.78, 5) is 20.9. The molecule has 0 spiro atoms. The van der Waals surface area contributed by atoms with Gasteiger partial charge in [-0.25, -0.2) is 4.98 Å². The van der Waals surface area contributed by atoms with Crippen LogP contribution in [-0.2, 0) is 11.3 Å². The predicted molar refractivity (Wildman–Crippen MR) is 88.7 cm³/mol. The van der Waals surface area contributed by atoms with Crippen molar-refractivity contribution in [2.45, 2.75) is 46.2 Å². The first-order chi connectivity index (χ1) is 10.9. The van der Waals surface area contributed by atoms with Crippen molar-refractivity contribution in [3.05, 3.63) is 18.2 Å². The number of piperazine rings is 1. The lowest BCUT2D eigenvalue weighted by atomic mass is 10.0. The number of carbonyl (C=O) groups excluding carboxylic acids is 1. The second-order valence-corrected chi connectivity index (χ2v) is 6.80. The summed E-state index contributed by atoms with van der Waals surface area (Å²) in [5.41, 5.74) is 0. The van der Waals surface area contributed by atoms with E-state index in [0.717, 1.165) is 18.9 Å². The highest BCUT2D eigenvalue weighted by Crippen LogP contribution is 2.15. The second-order valence-electron chi connectivity index (χ2n) is 6.80. The molecule has 0 saturated carbocycles. The first-order valence-electron chi connectivity index (χ1n) is 8.36. The Kier molecular flexibility index (Phi) is 5.78. The number of hydrogen-bond acceptors (Lipinski definition) is 4. The Hall–Kier alpha value is -1.87. The van der Waals surface area contributed by atoms with Crippen molar-refractivity contribution in [2.75, 3.05) is 26.2 Å². The van der Waals surface area contributed by atoms with Crippen molar-refractivity contribution in [3.63, 3.8) is 0 Å². The number of aromatic nitrogens is 2. The van der Waals surface area contributed by atoms with Crippen LogP contribution in [0.15, 0.2) is 12.4 Å². The summed E-state index contributed by atoms with van der Waals surface area (Å²) in [7, 11) is 0. The molecule has 126 valence electrons. The second kappa shape index (κ2) is 7.60. The van der Waals surface area contributed by atoms with Crippen LogP contribution in [0, 0.1) is 17.2 Å². The number of carbonyl (C=O) groups is 1. The molecule has 0 aromatic carbocycles. The number of hydrogen-bond donors (Lipinski definition) is 0. The summed E-state index contributed by atoms with van der Waals surface area (Å²) in [6.07, 6.45) is 3.62. The van der Waals surface area contributed by atoms with Crippen molar-refractivity contribution in [2.24, 2.45) is 5.92 Å². The van der Waals surface area contributed by atoms with E-state index in [0.29, 0.717) is 31.5 Å². The van der Waals surface area contributed by atoms with Gasteiger partial charge in [-0.2, -0.15) is 5.26 Å². The van der Waals surface area contributed by atoms with Gasteiger partial charge in [0.25, 0.3) is 0 Å². The maximum atomic E-state index is 12.5. The van der Waals surface area contributed by atoms with Crippen molar-refractivity contribution in [1.82, 2.24) is 19.4 Å². The smallest absolute Gasteiger partial charge is 0.242 e. The van der Waals surface area contributed by atoms with E-state index in [2.05, 4.69) is 43.6 Å². The Balaban J connectivity index is 1.91. The van der Waals surface area contributed by atoms with Crippen LogP contribution >= 0.6 is 0 Å². The van der Waals surface area contributed by atoms with Gasteiger partial charge in [0.2, 0.25) is 5.91 Å². The molecule has 1 fully saturated rings. The van der Waals surface area contributed by atoms with Crippen LogP contribution in [0.4, 0.5) is 0 Å². The predicted octanol–water partition coefficient (Wildman–Crippen LogP) is 1.70. The van der Waals surface area contributed by atoms with Gasteiger partial charge in [-0.05, 0) is 5.92 Å².